The highest BCUT2D eigenvalue weighted by Crippen LogP contribution is 2.21. The summed E-state index contributed by atoms with van der Waals surface area (Å²) in [7, 11) is 0. The fourth-order valence-corrected chi connectivity index (χ4v) is 2.53. The number of carboxylic acid groups (broad SMARTS) is 1. The second kappa shape index (κ2) is 5.32. The maximum Gasteiger partial charge on any atom is 0.356 e. The van der Waals surface area contributed by atoms with Crippen molar-refractivity contribution in [1.82, 2.24) is 15.0 Å². The third kappa shape index (κ3) is 2.36. The molecule has 0 spiro atoms. The number of benzene rings is 1. The Hall–Kier alpha value is -2.37. The van der Waals surface area contributed by atoms with Gasteiger partial charge in [-0.05, 0) is 43.5 Å². The molecular weight excluding hydrogens is 256 g/mol. The molecule has 0 saturated carbocycles. The van der Waals surface area contributed by atoms with Gasteiger partial charge in [0.15, 0.2) is 5.69 Å². The van der Waals surface area contributed by atoms with E-state index in [1.807, 2.05) is 24.3 Å². The first kappa shape index (κ1) is 12.7. The van der Waals surface area contributed by atoms with Crippen LogP contribution in [0.3, 0.4) is 0 Å². The number of aromatic nitrogens is 3. The van der Waals surface area contributed by atoms with E-state index in [0.29, 0.717) is 5.69 Å². The molecular formula is C14H16N4O2. The molecule has 0 aliphatic carbocycles. The first-order chi connectivity index (χ1) is 9.75. The Kier molecular flexibility index (Phi) is 3.37. The maximum atomic E-state index is 11.1. The topological polar surface area (TPSA) is 71.2 Å². The van der Waals surface area contributed by atoms with Crippen LogP contribution in [0.5, 0.6) is 0 Å². The first-order valence-corrected chi connectivity index (χ1v) is 6.75. The van der Waals surface area contributed by atoms with Gasteiger partial charge in [-0.25, -0.2) is 9.48 Å². The molecule has 1 fully saturated rings. The van der Waals surface area contributed by atoms with Gasteiger partial charge in [-0.2, -0.15) is 0 Å². The van der Waals surface area contributed by atoms with E-state index in [1.165, 1.54) is 35.8 Å². The summed E-state index contributed by atoms with van der Waals surface area (Å²) in [6.07, 6.45) is 5.01. The van der Waals surface area contributed by atoms with Gasteiger partial charge in [0.1, 0.15) is 0 Å². The van der Waals surface area contributed by atoms with Gasteiger partial charge < -0.3 is 10.0 Å². The normalized spacial score (nSPS) is 15.3. The second-order valence-electron chi connectivity index (χ2n) is 4.90. The Balaban J connectivity index is 1.85. The quantitative estimate of drug-likeness (QED) is 0.924. The van der Waals surface area contributed by atoms with Crippen LogP contribution in [-0.2, 0) is 0 Å². The molecule has 20 heavy (non-hydrogen) atoms. The van der Waals surface area contributed by atoms with Crippen LogP contribution in [0.1, 0.15) is 29.8 Å². The molecule has 1 aromatic carbocycles. The highest BCUT2D eigenvalue weighted by Gasteiger charge is 2.14. The lowest BCUT2D eigenvalue weighted by atomic mass is 10.1. The number of carboxylic acids is 1. The fourth-order valence-electron chi connectivity index (χ4n) is 2.53. The van der Waals surface area contributed by atoms with Crippen LogP contribution < -0.4 is 4.90 Å². The van der Waals surface area contributed by atoms with E-state index in [4.69, 9.17) is 5.11 Å². The molecule has 2 aromatic rings. The van der Waals surface area contributed by atoms with Crippen molar-refractivity contribution in [3.63, 3.8) is 0 Å². The van der Waals surface area contributed by atoms with Crippen molar-refractivity contribution in [2.75, 3.05) is 18.0 Å². The summed E-state index contributed by atoms with van der Waals surface area (Å²) in [4.78, 5) is 13.4. The molecule has 1 aliphatic heterocycles. The zero-order chi connectivity index (χ0) is 13.9. The number of rotatable bonds is 3. The van der Waals surface area contributed by atoms with E-state index in [1.54, 1.807) is 0 Å². The van der Waals surface area contributed by atoms with E-state index in [0.717, 1.165) is 13.1 Å². The third-order valence-electron chi connectivity index (χ3n) is 3.58. The molecule has 0 unspecified atom stereocenters. The summed E-state index contributed by atoms with van der Waals surface area (Å²) < 4.78 is 1.34. The number of carbonyl (C=O) groups is 1. The van der Waals surface area contributed by atoms with E-state index in [2.05, 4.69) is 15.2 Å². The van der Waals surface area contributed by atoms with Crippen molar-refractivity contribution in [1.29, 1.82) is 0 Å². The Morgan fingerprint density at radius 1 is 1.05 bits per heavy atom. The fraction of sp³-hybridized carbons (Fsp3) is 0.357. The van der Waals surface area contributed by atoms with Gasteiger partial charge in [0.05, 0.1) is 11.9 Å². The number of hydrogen-bond acceptors (Lipinski definition) is 4. The Morgan fingerprint density at radius 2 is 1.70 bits per heavy atom. The largest absolute Gasteiger partial charge is 0.476 e. The molecule has 104 valence electrons. The molecule has 1 saturated heterocycles. The van der Waals surface area contributed by atoms with Crippen molar-refractivity contribution >= 4 is 11.7 Å². The number of nitrogens with zero attached hydrogens (tertiary/aromatic N) is 4. The predicted molar refractivity (Wildman–Crippen MR) is 74.4 cm³/mol. The smallest absolute Gasteiger partial charge is 0.356 e. The van der Waals surface area contributed by atoms with Crippen molar-refractivity contribution in [2.45, 2.75) is 19.3 Å². The van der Waals surface area contributed by atoms with Crippen LogP contribution >= 0.6 is 0 Å². The van der Waals surface area contributed by atoms with Crippen molar-refractivity contribution in [3.8, 4) is 5.69 Å². The lowest BCUT2D eigenvalue weighted by molar-refractivity contribution is 0.0687. The van der Waals surface area contributed by atoms with Crippen LogP contribution in [0.25, 0.3) is 5.69 Å². The zero-order valence-corrected chi connectivity index (χ0v) is 11.1. The van der Waals surface area contributed by atoms with Crippen molar-refractivity contribution in [3.05, 3.63) is 36.2 Å². The molecule has 1 N–H and O–H groups in total. The minimum Gasteiger partial charge on any atom is -0.476 e. The molecule has 6 nitrogen and oxygen atoms in total. The average molecular weight is 272 g/mol. The van der Waals surface area contributed by atoms with Gasteiger partial charge in [0.2, 0.25) is 0 Å². The standard InChI is InChI=1S/C14H16N4O2/c19-14(20)13-10-15-16-18(13)12-6-4-11(5-7-12)17-8-2-1-3-9-17/h4-7,10H,1-3,8-9H2,(H,19,20). The first-order valence-electron chi connectivity index (χ1n) is 6.75. The van der Waals surface area contributed by atoms with Gasteiger partial charge >= 0.3 is 5.97 Å². The monoisotopic (exact) mass is 272 g/mol. The van der Waals surface area contributed by atoms with Crippen LogP contribution in [0.15, 0.2) is 30.5 Å². The molecule has 0 atom stereocenters. The predicted octanol–water partition coefficient (Wildman–Crippen LogP) is 1.96. The summed E-state index contributed by atoms with van der Waals surface area (Å²) >= 11 is 0. The van der Waals surface area contributed by atoms with Crippen molar-refractivity contribution in [2.24, 2.45) is 0 Å². The molecule has 1 aromatic heterocycles. The molecule has 6 heteroatoms. The van der Waals surface area contributed by atoms with Crippen molar-refractivity contribution < 1.29 is 9.90 Å². The van der Waals surface area contributed by atoms with Gasteiger partial charge in [-0.3, -0.25) is 0 Å². The molecule has 3 rings (SSSR count). The Morgan fingerprint density at radius 3 is 2.35 bits per heavy atom. The van der Waals surface area contributed by atoms with Crippen LogP contribution in [0.2, 0.25) is 0 Å². The molecule has 0 bridgehead atoms. The van der Waals surface area contributed by atoms with E-state index in [-0.39, 0.29) is 5.69 Å². The minimum atomic E-state index is -1.03. The number of piperidine rings is 1. The molecule has 2 heterocycles. The molecule has 1 aliphatic rings. The summed E-state index contributed by atoms with van der Waals surface area (Å²) in [6.45, 7) is 2.17. The maximum absolute atomic E-state index is 11.1. The van der Waals surface area contributed by atoms with E-state index in [9.17, 15) is 4.79 Å². The van der Waals surface area contributed by atoms with Gasteiger partial charge in [0, 0.05) is 18.8 Å². The third-order valence-corrected chi connectivity index (χ3v) is 3.58. The molecule has 0 radical (unpaired) electrons. The highest BCUT2D eigenvalue weighted by atomic mass is 16.4. The number of anilines is 1. The van der Waals surface area contributed by atoms with Crippen LogP contribution in [-0.4, -0.2) is 39.2 Å². The lowest BCUT2D eigenvalue weighted by Gasteiger charge is -2.28. The van der Waals surface area contributed by atoms with E-state index < -0.39 is 5.97 Å². The van der Waals surface area contributed by atoms with Crippen LogP contribution in [0.4, 0.5) is 5.69 Å². The SMILES string of the molecule is O=C(O)c1cnnn1-c1ccc(N2CCCCC2)cc1. The summed E-state index contributed by atoms with van der Waals surface area (Å²) in [5.74, 6) is -1.03. The second-order valence-corrected chi connectivity index (χ2v) is 4.90. The van der Waals surface area contributed by atoms with Gasteiger partial charge in [-0.1, -0.05) is 5.21 Å². The lowest BCUT2D eigenvalue weighted by Crippen LogP contribution is -2.29. The minimum absolute atomic E-state index is 0.0655. The Labute approximate surface area is 116 Å². The number of hydrogen-bond donors (Lipinski definition) is 1. The Bertz CT molecular complexity index is 600. The average Bonchev–Trinajstić information content (AvgIpc) is 2.98. The zero-order valence-electron chi connectivity index (χ0n) is 11.1. The summed E-state index contributed by atoms with van der Waals surface area (Å²) in [5, 5.41) is 16.5. The summed E-state index contributed by atoms with van der Waals surface area (Å²) in [5.41, 5.74) is 1.95. The van der Waals surface area contributed by atoms with Gasteiger partial charge in [-0.15, -0.1) is 5.10 Å². The van der Waals surface area contributed by atoms with Crippen LogP contribution in [0, 0.1) is 0 Å². The molecule has 0 amide bonds. The number of aromatic carboxylic acids is 1. The summed E-state index contributed by atoms with van der Waals surface area (Å²) in [6, 6.07) is 7.78. The highest BCUT2D eigenvalue weighted by molar-refractivity contribution is 5.85. The van der Waals surface area contributed by atoms with E-state index >= 15 is 0 Å². The van der Waals surface area contributed by atoms with Gasteiger partial charge in [0.25, 0.3) is 0 Å².